The van der Waals surface area contributed by atoms with E-state index in [1.165, 1.54) is 0 Å². The maximum absolute atomic E-state index is 11.4. The molecule has 0 bridgehead atoms. The molecule has 0 rings (SSSR count). The quantitative estimate of drug-likeness (QED) is 0.547. The van der Waals surface area contributed by atoms with E-state index in [2.05, 4.69) is 0 Å². The van der Waals surface area contributed by atoms with E-state index < -0.39 is 6.08 Å². The van der Waals surface area contributed by atoms with Crippen LogP contribution in [0.3, 0.4) is 0 Å². The van der Waals surface area contributed by atoms with Crippen LogP contribution in [0.1, 0.15) is 19.8 Å². The molecule has 0 aliphatic rings. The third kappa shape index (κ3) is 7.56. The summed E-state index contributed by atoms with van der Waals surface area (Å²) in [5, 5.41) is 0. The summed E-state index contributed by atoms with van der Waals surface area (Å²) in [6, 6.07) is 0. The third-order valence-corrected chi connectivity index (χ3v) is 0.996. The summed E-state index contributed by atoms with van der Waals surface area (Å²) in [7, 11) is 0. The number of unbranched alkanes of at least 4 members (excludes halogenated alkanes) is 1. The summed E-state index contributed by atoms with van der Waals surface area (Å²) in [5.74, 6) is 0. The molecule has 0 aromatic carbocycles. The van der Waals surface area contributed by atoms with Gasteiger partial charge in [0.15, 0.2) is 0 Å². The molecule has 0 radical (unpaired) electrons. The van der Waals surface area contributed by atoms with Gasteiger partial charge in [-0.15, -0.1) is 0 Å². The van der Waals surface area contributed by atoms with E-state index in [0.29, 0.717) is 26.1 Å². The number of ether oxygens (including phenoxy) is 1. The lowest BCUT2D eigenvalue weighted by Crippen LogP contribution is -1.91. The molecule has 0 fully saturated rings. The van der Waals surface area contributed by atoms with Crippen LogP contribution < -0.4 is 0 Å². The van der Waals surface area contributed by atoms with Crippen LogP contribution in [0.25, 0.3) is 0 Å². The van der Waals surface area contributed by atoms with Crippen LogP contribution in [0.15, 0.2) is 12.2 Å². The van der Waals surface area contributed by atoms with Crippen LogP contribution in [0.5, 0.6) is 0 Å². The van der Waals surface area contributed by atoms with Gasteiger partial charge in [0, 0.05) is 13.2 Å². The van der Waals surface area contributed by atoms with Gasteiger partial charge < -0.3 is 4.74 Å². The molecule has 0 saturated carbocycles. The summed E-state index contributed by atoms with van der Waals surface area (Å²) in [6.07, 6.45) is 0.392. The first-order chi connectivity index (χ1) is 4.77. The van der Waals surface area contributed by atoms with Gasteiger partial charge in [-0.25, -0.2) is 0 Å². The first-order valence-electron chi connectivity index (χ1n) is 3.36. The van der Waals surface area contributed by atoms with Crippen molar-refractivity contribution in [3.8, 4) is 0 Å². The zero-order valence-corrected chi connectivity index (χ0v) is 6.07. The number of allylic oxidation sites excluding steroid dienone is 1. The Balaban J connectivity index is 2.98. The minimum atomic E-state index is -1.60. The molecule has 60 valence electrons. The second-order valence-electron chi connectivity index (χ2n) is 1.83. The molecule has 0 spiro atoms. The number of halogens is 2. The zero-order valence-electron chi connectivity index (χ0n) is 6.07. The van der Waals surface area contributed by atoms with E-state index in [0.717, 1.165) is 6.08 Å². The molecule has 0 aliphatic carbocycles. The highest BCUT2D eigenvalue weighted by atomic mass is 19.3. The van der Waals surface area contributed by atoms with Crippen molar-refractivity contribution >= 4 is 0 Å². The van der Waals surface area contributed by atoms with Crippen molar-refractivity contribution in [1.82, 2.24) is 0 Å². The maximum atomic E-state index is 11.4. The van der Waals surface area contributed by atoms with Crippen molar-refractivity contribution in [3.63, 3.8) is 0 Å². The standard InChI is InChI=1S/C7H12F2O/c1-2-10-6-4-3-5-7(8)9/h5H,2-4,6H2,1H3. The second-order valence-corrected chi connectivity index (χ2v) is 1.83. The topological polar surface area (TPSA) is 9.23 Å². The van der Waals surface area contributed by atoms with Gasteiger partial charge in [-0.1, -0.05) is 0 Å². The van der Waals surface area contributed by atoms with Crippen molar-refractivity contribution in [2.45, 2.75) is 19.8 Å². The highest BCUT2D eigenvalue weighted by molar-refractivity contribution is 4.79. The SMILES string of the molecule is CCOCCCC=C(F)F. The Labute approximate surface area is 59.7 Å². The Kier molecular flexibility index (Phi) is 6.38. The third-order valence-electron chi connectivity index (χ3n) is 0.996. The first kappa shape index (κ1) is 9.56. The van der Waals surface area contributed by atoms with Crippen molar-refractivity contribution in [1.29, 1.82) is 0 Å². The molecule has 0 unspecified atom stereocenters. The molecule has 0 heterocycles. The molecule has 0 amide bonds. The second kappa shape index (κ2) is 6.68. The molecular formula is C7H12F2O. The summed E-state index contributed by atoms with van der Waals surface area (Å²) < 4.78 is 27.7. The molecular weight excluding hydrogens is 138 g/mol. The fourth-order valence-electron chi connectivity index (χ4n) is 0.541. The van der Waals surface area contributed by atoms with Gasteiger partial charge in [0.2, 0.25) is 0 Å². The van der Waals surface area contributed by atoms with Gasteiger partial charge in [0.05, 0.1) is 0 Å². The summed E-state index contributed by atoms with van der Waals surface area (Å²) in [4.78, 5) is 0. The maximum Gasteiger partial charge on any atom is 0.266 e. The molecule has 0 aliphatic heterocycles. The molecule has 10 heavy (non-hydrogen) atoms. The average Bonchev–Trinajstić information content (AvgIpc) is 1.87. The Bertz CT molecular complexity index is 97.8. The van der Waals surface area contributed by atoms with Crippen molar-refractivity contribution < 1.29 is 13.5 Å². The molecule has 0 saturated heterocycles. The van der Waals surface area contributed by atoms with E-state index in [-0.39, 0.29) is 0 Å². The van der Waals surface area contributed by atoms with Gasteiger partial charge in [0.25, 0.3) is 6.08 Å². The Hall–Kier alpha value is -0.440. The van der Waals surface area contributed by atoms with Gasteiger partial charge in [-0.3, -0.25) is 0 Å². The van der Waals surface area contributed by atoms with Crippen LogP contribution in [-0.4, -0.2) is 13.2 Å². The molecule has 0 N–H and O–H groups in total. The van der Waals surface area contributed by atoms with E-state index in [1.807, 2.05) is 6.92 Å². The van der Waals surface area contributed by atoms with E-state index in [4.69, 9.17) is 4.74 Å². The number of hydrogen-bond donors (Lipinski definition) is 0. The monoisotopic (exact) mass is 150 g/mol. The Morgan fingerprint density at radius 3 is 2.70 bits per heavy atom. The summed E-state index contributed by atoms with van der Waals surface area (Å²) in [5.41, 5.74) is 0. The van der Waals surface area contributed by atoms with E-state index >= 15 is 0 Å². The minimum Gasteiger partial charge on any atom is -0.382 e. The lowest BCUT2D eigenvalue weighted by molar-refractivity contribution is 0.145. The van der Waals surface area contributed by atoms with Gasteiger partial charge >= 0.3 is 0 Å². The molecule has 3 heteroatoms. The fourth-order valence-corrected chi connectivity index (χ4v) is 0.541. The number of hydrogen-bond acceptors (Lipinski definition) is 1. The average molecular weight is 150 g/mol. The van der Waals surface area contributed by atoms with Crippen molar-refractivity contribution in [3.05, 3.63) is 12.2 Å². The zero-order chi connectivity index (χ0) is 7.82. The van der Waals surface area contributed by atoms with Gasteiger partial charge in [0.1, 0.15) is 0 Å². The normalized spacial score (nSPS) is 9.50. The predicted octanol–water partition coefficient (Wildman–Crippen LogP) is 2.58. The van der Waals surface area contributed by atoms with Crippen LogP contribution in [-0.2, 0) is 4.74 Å². The Morgan fingerprint density at radius 2 is 2.20 bits per heavy atom. The largest absolute Gasteiger partial charge is 0.382 e. The molecule has 0 aromatic rings. The Morgan fingerprint density at radius 1 is 1.50 bits per heavy atom. The van der Waals surface area contributed by atoms with Crippen molar-refractivity contribution in [2.75, 3.05) is 13.2 Å². The number of rotatable bonds is 5. The summed E-state index contributed by atoms with van der Waals surface area (Å²) in [6.45, 7) is 3.10. The predicted molar refractivity (Wildman–Crippen MR) is 36.0 cm³/mol. The first-order valence-corrected chi connectivity index (χ1v) is 3.36. The molecule has 1 nitrogen and oxygen atoms in total. The van der Waals surface area contributed by atoms with E-state index in [1.54, 1.807) is 0 Å². The van der Waals surface area contributed by atoms with Crippen LogP contribution in [0, 0.1) is 0 Å². The molecule has 0 atom stereocenters. The van der Waals surface area contributed by atoms with E-state index in [9.17, 15) is 8.78 Å². The van der Waals surface area contributed by atoms with Gasteiger partial charge in [-0.05, 0) is 25.8 Å². The summed E-state index contributed by atoms with van der Waals surface area (Å²) >= 11 is 0. The van der Waals surface area contributed by atoms with Crippen LogP contribution in [0.4, 0.5) is 8.78 Å². The fraction of sp³-hybridized carbons (Fsp3) is 0.714. The van der Waals surface area contributed by atoms with Gasteiger partial charge in [-0.2, -0.15) is 8.78 Å². The highest BCUT2D eigenvalue weighted by Crippen LogP contribution is 2.00. The smallest absolute Gasteiger partial charge is 0.266 e. The lowest BCUT2D eigenvalue weighted by atomic mass is 10.3. The lowest BCUT2D eigenvalue weighted by Gasteiger charge is -1.95. The van der Waals surface area contributed by atoms with Crippen LogP contribution in [0.2, 0.25) is 0 Å². The van der Waals surface area contributed by atoms with Crippen molar-refractivity contribution in [2.24, 2.45) is 0 Å². The minimum absolute atomic E-state index is 0.405. The highest BCUT2D eigenvalue weighted by Gasteiger charge is 1.87. The molecule has 0 aromatic heterocycles. The van der Waals surface area contributed by atoms with Crippen LogP contribution >= 0.6 is 0 Å².